The molecular weight excluding hydrogens is 198 g/mol. The van der Waals surface area contributed by atoms with Crippen LogP contribution < -0.4 is 5.32 Å². The van der Waals surface area contributed by atoms with Crippen molar-refractivity contribution >= 4 is 0 Å². The van der Waals surface area contributed by atoms with Gasteiger partial charge in [-0.3, -0.25) is 5.32 Å². The van der Waals surface area contributed by atoms with Gasteiger partial charge < -0.3 is 4.90 Å². The Kier molecular flexibility index (Phi) is 4.48. The number of hydrogen-bond acceptors (Lipinski definition) is 3. The molecule has 0 aliphatic heterocycles. The molecule has 1 aromatic rings. The Bertz CT molecular complexity index is 355. The van der Waals surface area contributed by atoms with Crippen molar-refractivity contribution in [2.45, 2.75) is 12.5 Å². The number of nitriles is 1. The fourth-order valence-electron chi connectivity index (χ4n) is 1.71. The molecule has 3 heteroatoms. The van der Waals surface area contributed by atoms with Gasteiger partial charge in [-0.25, -0.2) is 0 Å². The normalized spacial score (nSPS) is 14.4. The van der Waals surface area contributed by atoms with Crippen LogP contribution in [-0.2, 0) is 5.54 Å². The predicted molar refractivity (Wildman–Crippen MR) is 66.0 cm³/mol. The monoisotopic (exact) mass is 217 g/mol. The molecule has 0 bridgehead atoms. The van der Waals surface area contributed by atoms with E-state index in [0.717, 1.165) is 12.1 Å². The topological polar surface area (TPSA) is 39.1 Å². The van der Waals surface area contributed by atoms with Crippen LogP contribution >= 0.6 is 0 Å². The largest absolute Gasteiger partial charge is 0.303 e. The molecule has 0 saturated heterocycles. The third-order valence-corrected chi connectivity index (χ3v) is 2.93. The van der Waals surface area contributed by atoms with Crippen molar-refractivity contribution in [2.75, 3.05) is 27.2 Å². The van der Waals surface area contributed by atoms with Crippen LogP contribution in [0.3, 0.4) is 0 Å². The lowest BCUT2D eigenvalue weighted by atomic mass is 9.91. The maximum absolute atomic E-state index is 9.44. The van der Waals surface area contributed by atoms with Crippen molar-refractivity contribution in [1.82, 2.24) is 10.2 Å². The van der Waals surface area contributed by atoms with Crippen molar-refractivity contribution in [2.24, 2.45) is 0 Å². The SMILES string of the molecule is CCN(C)CC(C#N)(NC)c1ccccc1. The van der Waals surface area contributed by atoms with Gasteiger partial charge in [-0.2, -0.15) is 5.26 Å². The summed E-state index contributed by atoms with van der Waals surface area (Å²) in [7, 11) is 3.85. The van der Waals surface area contributed by atoms with Crippen LogP contribution in [0, 0.1) is 11.3 Å². The first kappa shape index (κ1) is 12.7. The number of rotatable bonds is 5. The molecule has 1 unspecified atom stereocenters. The average molecular weight is 217 g/mol. The first-order chi connectivity index (χ1) is 7.68. The van der Waals surface area contributed by atoms with Gasteiger partial charge in [-0.05, 0) is 26.2 Å². The number of hydrogen-bond donors (Lipinski definition) is 1. The first-order valence-corrected chi connectivity index (χ1v) is 5.52. The molecule has 0 aliphatic carbocycles. The van der Waals surface area contributed by atoms with Gasteiger partial charge in [0.05, 0.1) is 6.07 Å². The average Bonchev–Trinajstić information content (AvgIpc) is 2.37. The second-order valence-electron chi connectivity index (χ2n) is 3.96. The lowest BCUT2D eigenvalue weighted by Crippen LogP contribution is -2.47. The van der Waals surface area contributed by atoms with Gasteiger partial charge >= 0.3 is 0 Å². The fourth-order valence-corrected chi connectivity index (χ4v) is 1.71. The second-order valence-corrected chi connectivity index (χ2v) is 3.96. The van der Waals surface area contributed by atoms with Gasteiger partial charge in [0, 0.05) is 6.54 Å². The fraction of sp³-hybridized carbons (Fsp3) is 0.462. The predicted octanol–water partition coefficient (Wildman–Crippen LogP) is 1.58. The minimum atomic E-state index is -0.619. The third-order valence-electron chi connectivity index (χ3n) is 2.93. The van der Waals surface area contributed by atoms with Crippen molar-refractivity contribution in [3.8, 4) is 6.07 Å². The minimum Gasteiger partial charge on any atom is -0.303 e. The highest BCUT2D eigenvalue weighted by Crippen LogP contribution is 2.20. The lowest BCUT2D eigenvalue weighted by Gasteiger charge is -2.30. The van der Waals surface area contributed by atoms with Crippen LogP contribution in [0.15, 0.2) is 30.3 Å². The molecule has 3 nitrogen and oxygen atoms in total. The molecule has 0 aromatic heterocycles. The molecule has 0 aliphatic rings. The van der Waals surface area contributed by atoms with Crippen LogP contribution in [-0.4, -0.2) is 32.1 Å². The van der Waals surface area contributed by atoms with Crippen LogP contribution in [0.2, 0.25) is 0 Å². The van der Waals surface area contributed by atoms with E-state index < -0.39 is 5.54 Å². The van der Waals surface area contributed by atoms with E-state index in [1.54, 1.807) is 0 Å². The quantitative estimate of drug-likeness (QED) is 0.814. The van der Waals surface area contributed by atoms with E-state index >= 15 is 0 Å². The van der Waals surface area contributed by atoms with Gasteiger partial charge in [0.1, 0.15) is 5.54 Å². The van der Waals surface area contributed by atoms with Gasteiger partial charge in [0.2, 0.25) is 0 Å². The molecular formula is C13H19N3. The van der Waals surface area contributed by atoms with Crippen molar-refractivity contribution in [3.05, 3.63) is 35.9 Å². The number of nitrogens with one attached hydrogen (secondary N) is 1. The zero-order valence-corrected chi connectivity index (χ0v) is 10.2. The van der Waals surface area contributed by atoms with Crippen molar-refractivity contribution in [3.63, 3.8) is 0 Å². The highest BCUT2D eigenvalue weighted by atomic mass is 15.1. The minimum absolute atomic E-state index is 0.619. The van der Waals surface area contributed by atoms with E-state index in [1.165, 1.54) is 0 Å². The molecule has 0 saturated carbocycles. The molecule has 1 N–H and O–H groups in total. The van der Waals surface area contributed by atoms with Gasteiger partial charge in [0.15, 0.2) is 0 Å². The van der Waals surface area contributed by atoms with E-state index in [1.807, 2.05) is 44.4 Å². The van der Waals surface area contributed by atoms with E-state index in [-0.39, 0.29) is 0 Å². The van der Waals surface area contributed by atoms with Gasteiger partial charge in [-0.15, -0.1) is 0 Å². The summed E-state index contributed by atoms with van der Waals surface area (Å²) in [6.45, 7) is 3.70. The van der Waals surface area contributed by atoms with Crippen molar-refractivity contribution in [1.29, 1.82) is 5.26 Å². The Hall–Kier alpha value is -1.37. The lowest BCUT2D eigenvalue weighted by molar-refractivity contribution is 0.268. The molecule has 0 heterocycles. The Morgan fingerprint density at radius 2 is 2.00 bits per heavy atom. The van der Waals surface area contributed by atoms with Crippen LogP contribution in [0.25, 0.3) is 0 Å². The van der Waals surface area contributed by atoms with Crippen LogP contribution in [0.4, 0.5) is 0 Å². The van der Waals surface area contributed by atoms with E-state index in [2.05, 4.69) is 23.2 Å². The van der Waals surface area contributed by atoms with E-state index in [4.69, 9.17) is 0 Å². The maximum atomic E-state index is 9.44. The molecule has 0 amide bonds. The van der Waals surface area contributed by atoms with Crippen LogP contribution in [0.1, 0.15) is 12.5 Å². The van der Waals surface area contributed by atoms with Crippen LogP contribution in [0.5, 0.6) is 0 Å². The molecule has 0 radical (unpaired) electrons. The molecule has 0 spiro atoms. The van der Waals surface area contributed by atoms with Gasteiger partial charge in [-0.1, -0.05) is 37.3 Å². The number of benzene rings is 1. The molecule has 1 rings (SSSR count). The zero-order valence-electron chi connectivity index (χ0n) is 10.2. The Balaban J connectivity index is 3.03. The summed E-state index contributed by atoms with van der Waals surface area (Å²) < 4.78 is 0. The summed E-state index contributed by atoms with van der Waals surface area (Å²) in [5.41, 5.74) is 0.395. The summed E-state index contributed by atoms with van der Waals surface area (Å²) in [6.07, 6.45) is 0. The molecule has 0 fully saturated rings. The first-order valence-electron chi connectivity index (χ1n) is 5.52. The maximum Gasteiger partial charge on any atom is 0.144 e. The Morgan fingerprint density at radius 3 is 2.44 bits per heavy atom. The summed E-state index contributed by atoms with van der Waals surface area (Å²) >= 11 is 0. The smallest absolute Gasteiger partial charge is 0.144 e. The molecule has 1 aromatic carbocycles. The molecule has 86 valence electrons. The second kappa shape index (κ2) is 5.64. The third kappa shape index (κ3) is 2.60. The number of likely N-dealkylation sites (N-methyl/N-ethyl adjacent to an activating group) is 2. The standard InChI is InChI=1S/C13H19N3/c1-4-16(3)11-13(10-14,15-2)12-8-6-5-7-9-12/h5-9,15H,4,11H2,1-3H3. The summed E-state index contributed by atoms with van der Waals surface area (Å²) in [5.74, 6) is 0. The van der Waals surface area contributed by atoms with Crippen molar-refractivity contribution < 1.29 is 0 Å². The van der Waals surface area contributed by atoms with Gasteiger partial charge in [0.25, 0.3) is 0 Å². The number of nitrogens with zero attached hydrogens (tertiary/aromatic N) is 2. The Morgan fingerprint density at radius 1 is 1.38 bits per heavy atom. The zero-order chi connectivity index (χ0) is 12.0. The molecule has 16 heavy (non-hydrogen) atoms. The Labute approximate surface area is 97.7 Å². The summed E-state index contributed by atoms with van der Waals surface area (Å²) in [6, 6.07) is 12.3. The summed E-state index contributed by atoms with van der Waals surface area (Å²) in [5, 5.41) is 12.6. The highest BCUT2D eigenvalue weighted by molar-refractivity contribution is 5.31. The highest BCUT2D eigenvalue weighted by Gasteiger charge is 2.31. The van der Waals surface area contributed by atoms with E-state index in [0.29, 0.717) is 6.54 Å². The van der Waals surface area contributed by atoms with E-state index in [9.17, 15) is 5.26 Å². The molecule has 1 atom stereocenters. The summed E-state index contributed by atoms with van der Waals surface area (Å²) in [4.78, 5) is 2.13.